The molecule has 1 unspecified atom stereocenters. The molecule has 0 bridgehead atoms. The van der Waals surface area contributed by atoms with Crippen LogP contribution in [0.15, 0.2) is 18.5 Å². The first-order chi connectivity index (χ1) is 17.0. The molecule has 3 aliphatic rings. The van der Waals surface area contributed by atoms with Crippen LogP contribution in [0.1, 0.15) is 59.6 Å². The molecule has 2 saturated heterocycles. The lowest BCUT2D eigenvalue weighted by Gasteiger charge is -2.47. The highest BCUT2D eigenvalue weighted by Crippen LogP contribution is 2.51. The fourth-order valence-corrected chi connectivity index (χ4v) is 6.86. The maximum atomic E-state index is 13.4. The summed E-state index contributed by atoms with van der Waals surface area (Å²) in [4.78, 5) is 2.03. The smallest absolute Gasteiger partial charge is 0.388 e. The summed E-state index contributed by atoms with van der Waals surface area (Å²) >= 11 is 0.685. The first-order valence-electron chi connectivity index (χ1n) is 12.3. The lowest BCUT2D eigenvalue weighted by Crippen LogP contribution is -2.50. The normalized spacial score (nSPS) is 29.9. The molecule has 4 atom stereocenters. The number of likely N-dealkylation sites (tertiary alicyclic amines) is 1. The molecule has 2 fully saturated rings. The van der Waals surface area contributed by atoms with Crippen molar-refractivity contribution in [3.8, 4) is 0 Å². The highest BCUT2D eigenvalue weighted by Gasteiger charge is 2.48. The quantitative estimate of drug-likeness (QED) is 0.546. The summed E-state index contributed by atoms with van der Waals surface area (Å²) in [5.41, 5.74) is -0.725. The molecule has 8 nitrogen and oxygen atoms in total. The summed E-state index contributed by atoms with van der Waals surface area (Å²) in [7, 11) is 0. The first-order valence-corrected chi connectivity index (χ1v) is 13.1. The van der Waals surface area contributed by atoms with E-state index >= 15 is 0 Å². The van der Waals surface area contributed by atoms with Gasteiger partial charge in [-0.15, -0.1) is 11.3 Å². The molecule has 0 aliphatic carbocycles. The SMILES string of the molecule is C[C@H]1C[C@@]2(CCN1Cc1cnn(CC(O)C3(O)CCOCC3)c1)OC[C@@H](O)c1cc(C(F)(F)F)sc12. The summed E-state index contributed by atoms with van der Waals surface area (Å²) in [6.45, 7) is 4.24. The number of thiophene rings is 1. The van der Waals surface area contributed by atoms with Gasteiger partial charge in [0.1, 0.15) is 22.7 Å². The van der Waals surface area contributed by atoms with Gasteiger partial charge in [-0.1, -0.05) is 0 Å². The Balaban J connectivity index is 1.24. The number of rotatable bonds is 5. The van der Waals surface area contributed by atoms with Gasteiger partial charge in [-0.2, -0.15) is 18.3 Å². The van der Waals surface area contributed by atoms with E-state index in [-0.39, 0.29) is 19.2 Å². The lowest BCUT2D eigenvalue weighted by molar-refractivity contribution is -0.139. The number of aliphatic hydroxyl groups excluding tert-OH is 2. The minimum absolute atomic E-state index is 0.0126. The molecule has 5 rings (SSSR count). The molecule has 200 valence electrons. The number of hydrogen-bond acceptors (Lipinski definition) is 8. The topological polar surface area (TPSA) is 100 Å². The second-order valence-electron chi connectivity index (χ2n) is 10.3. The molecule has 3 N–H and O–H groups in total. The van der Waals surface area contributed by atoms with Crippen molar-refractivity contribution < 1.29 is 38.0 Å². The van der Waals surface area contributed by atoms with Gasteiger partial charge in [0.15, 0.2) is 0 Å². The molecule has 0 aromatic carbocycles. The van der Waals surface area contributed by atoms with Gasteiger partial charge in [0.25, 0.3) is 0 Å². The second-order valence-corrected chi connectivity index (χ2v) is 11.3. The van der Waals surface area contributed by atoms with E-state index in [2.05, 4.69) is 10.00 Å². The van der Waals surface area contributed by atoms with Crippen molar-refractivity contribution in [1.82, 2.24) is 14.7 Å². The van der Waals surface area contributed by atoms with Crippen molar-refractivity contribution >= 4 is 11.3 Å². The van der Waals surface area contributed by atoms with Crippen molar-refractivity contribution in [2.45, 2.75) is 81.3 Å². The van der Waals surface area contributed by atoms with Crippen molar-refractivity contribution in [2.75, 3.05) is 26.4 Å². The Labute approximate surface area is 211 Å². The predicted octanol–water partition coefficient (Wildman–Crippen LogP) is 2.81. The number of nitrogens with zero attached hydrogens (tertiary/aromatic N) is 3. The van der Waals surface area contributed by atoms with E-state index in [4.69, 9.17) is 9.47 Å². The standard InChI is InChI=1S/C24H32F3N3O5S/c1-15-9-23(21-17(18(31)14-35-23)8-20(36-21)24(25,26)27)2-5-29(15)11-16-10-28-30(12-16)13-19(32)22(33)3-6-34-7-4-22/h8,10,12,15,18-19,31-33H,2-7,9,11,13-14H2,1H3/t15-,18+,19?,23+/m0/s1. The fourth-order valence-electron chi connectivity index (χ4n) is 5.59. The number of aliphatic hydroxyl groups is 3. The van der Waals surface area contributed by atoms with Crippen LogP contribution in [-0.4, -0.2) is 74.1 Å². The number of halogens is 3. The van der Waals surface area contributed by atoms with Crippen LogP contribution in [0.25, 0.3) is 0 Å². The molecule has 2 aromatic heterocycles. The highest BCUT2D eigenvalue weighted by molar-refractivity contribution is 7.12. The Morgan fingerprint density at radius 1 is 1.28 bits per heavy atom. The molecular weight excluding hydrogens is 499 g/mol. The van der Waals surface area contributed by atoms with Crippen LogP contribution >= 0.6 is 11.3 Å². The van der Waals surface area contributed by atoms with Gasteiger partial charge in [0.2, 0.25) is 0 Å². The number of piperidine rings is 1. The van der Waals surface area contributed by atoms with Gasteiger partial charge >= 0.3 is 6.18 Å². The largest absolute Gasteiger partial charge is 0.425 e. The van der Waals surface area contributed by atoms with E-state index < -0.39 is 34.5 Å². The Bertz CT molecular complexity index is 1070. The molecule has 36 heavy (non-hydrogen) atoms. The number of alkyl halides is 3. The van der Waals surface area contributed by atoms with E-state index in [9.17, 15) is 28.5 Å². The number of hydrogen-bond donors (Lipinski definition) is 3. The second kappa shape index (κ2) is 9.64. The van der Waals surface area contributed by atoms with E-state index in [1.807, 2.05) is 13.1 Å². The van der Waals surface area contributed by atoms with Gasteiger partial charge < -0.3 is 24.8 Å². The number of aromatic nitrogens is 2. The maximum absolute atomic E-state index is 13.4. The first kappa shape index (κ1) is 26.1. The minimum atomic E-state index is -4.45. The molecule has 1 spiro atoms. The summed E-state index contributed by atoms with van der Waals surface area (Å²) in [6.07, 6.45) is -1.07. The summed E-state index contributed by atoms with van der Waals surface area (Å²) in [5, 5.41) is 35.9. The zero-order chi connectivity index (χ0) is 25.7. The van der Waals surface area contributed by atoms with E-state index in [0.717, 1.165) is 11.6 Å². The highest BCUT2D eigenvalue weighted by atomic mass is 32.1. The van der Waals surface area contributed by atoms with Gasteiger partial charge in [-0.25, -0.2) is 0 Å². The number of fused-ring (bicyclic) bond motifs is 2. The van der Waals surface area contributed by atoms with Crippen molar-refractivity contribution in [1.29, 1.82) is 0 Å². The van der Waals surface area contributed by atoms with Crippen molar-refractivity contribution in [3.63, 3.8) is 0 Å². The van der Waals surface area contributed by atoms with Crippen LogP contribution in [0.2, 0.25) is 0 Å². The predicted molar refractivity (Wildman–Crippen MR) is 124 cm³/mol. The maximum Gasteiger partial charge on any atom is 0.425 e. The van der Waals surface area contributed by atoms with Crippen LogP contribution in [0.4, 0.5) is 13.2 Å². The number of ether oxygens (including phenoxy) is 2. The molecule has 0 radical (unpaired) electrons. The zero-order valence-electron chi connectivity index (χ0n) is 20.1. The van der Waals surface area contributed by atoms with E-state index in [1.54, 1.807) is 10.9 Å². The molecule has 5 heterocycles. The lowest BCUT2D eigenvalue weighted by atomic mass is 9.81. The minimum Gasteiger partial charge on any atom is -0.388 e. The summed E-state index contributed by atoms with van der Waals surface area (Å²) in [6, 6.07) is 1.10. The van der Waals surface area contributed by atoms with Gasteiger partial charge in [-0.3, -0.25) is 9.58 Å². The monoisotopic (exact) mass is 531 g/mol. The molecule has 0 saturated carbocycles. The third kappa shape index (κ3) is 4.96. The van der Waals surface area contributed by atoms with Crippen molar-refractivity contribution in [3.05, 3.63) is 39.3 Å². The molecule has 0 amide bonds. The van der Waals surface area contributed by atoms with Crippen LogP contribution in [0, 0.1) is 0 Å². The molecule has 2 aromatic rings. The van der Waals surface area contributed by atoms with E-state index in [1.165, 1.54) is 0 Å². The third-order valence-electron chi connectivity index (χ3n) is 7.79. The third-order valence-corrected chi connectivity index (χ3v) is 9.17. The molecular formula is C24H32F3N3O5S. The average molecular weight is 532 g/mol. The zero-order valence-corrected chi connectivity index (χ0v) is 20.9. The van der Waals surface area contributed by atoms with E-state index in [0.29, 0.717) is 73.8 Å². The average Bonchev–Trinajstić information content (AvgIpc) is 3.47. The Hall–Kier alpha value is -1.54. The summed E-state index contributed by atoms with van der Waals surface area (Å²) < 4.78 is 53.1. The van der Waals surface area contributed by atoms with Crippen molar-refractivity contribution in [2.24, 2.45) is 0 Å². The molecule has 3 aliphatic heterocycles. The van der Waals surface area contributed by atoms with Crippen LogP contribution in [-0.2, 0) is 34.3 Å². The van der Waals surface area contributed by atoms with Crippen LogP contribution in [0.3, 0.4) is 0 Å². The Kier molecular flexibility index (Phi) is 6.99. The van der Waals surface area contributed by atoms with Gasteiger partial charge in [0, 0.05) is 67.4 Å². The van der Waals surface area contributed by atoms with Gasteiger partial charge in [0.05, 0.1) is 24.9 Å². The summed E-state index contributed by atoms with van der Waals surface area (Å²) in [5.74, 6) is 0. The van der Waals surface area contributed by atoms with Gasteiger partial charge in [-0.05, 0) is 25.8 Å². The van der Waals surface area contributed by atoms with Crippen LogP contribution in [0.5, 0.6) is 0 Å². The van der Waals surface area contributed by atoms with Crippen LogP contribution < -0.4 is 0 Å². The fraction of sp³-hybridized carbons (Fsp3) is 0.708. The Morgan fingerprint density at radius 2 is 2.03 bits per heavy atom. The Morgan fingerprint density at radius 3 is 2.72 bits per heavy atom. The molecule has 12 heteroatoms.